The Hall–Kier alpha value is -4.46. The van der Waals surface area contributed by atoms with Crippen LogP contribution in [0.25, 0.3) is 11.3 Å². The van der Waals surface area contributed by atoms with Crippen LogP contribution in [0.1, 0.15) is 21.5 Å². The molecule has 0 spiro atoms. The number of hydrogen-bond donors (Lipinski definition) is 2. The van der Waals surface area contributed by atoms with Crippen LogP contribution in [0.4, 0.5) is 10.8 Å². The van der Waals surface area contributed by atoms with Gasteiger partial charge in [-0.15, -0.1) is 11.3 Å². The van der Waals surface area contributed by atoms with Crippen molar-refractivity contribution in [2.45, 2.75) is 6.61 Å². The third kappa shape index (κ3) is 6.85. The number of nitrogens with one attached hydrogen (secondary N) is 2. The molecule has 0 aliphatic rings. The Morgan fingerprint density at radius 3 is 2.39 bits per heavy atom. The van der Waals surface area contributed by atoms with Gasteiger partial charge in [-0.2, -0.15) is 5.10 Å². The molecule has 38 heavy (non-hydrogen) atoms. The van der Waals surface area contributed by atoms with Crippen LogP contribution in [0.2, 0.25) is 5.02 Å². The Balaban J connectivity index is 1.11. The molecule has 0 saturated carbocycles. The number of benzene rings is 4. The Labute approximate surface area is 229 Å². The van der Waals surface area contributed by atoms with Crippen molar-refractivity contribution in [1.82, 2.24) is 10.4 Å². The number of thiazole rings is 1. The van der Waals surface area contributed by atoms with Gasteiger partial charge >= 0.3 is 0 Å². The first kappa shape index (κ1) is 25.2. The van der Waals surface area contributed by atoms with Crippen molar-refractivity contribution < 1.29 is 9.53 Å². The second-order valence-electron chi connectivity index (χ2n) is 8.29. The molecule has 0 unspecified atom stereocenters. The fraction of sp³-hybridized carbons (Fsp3) is 0.0333. The molecular weight excluding hydrogens is 516 g/mol. The number of anilines is 2. The van der Waals surface area contributed by atoms with E-state index in [4.69, 9.17) is 16.3 Å². The summed E-state index contributed by atoms with van der Waals surface area (Å²) in [5, 5.41) is 10.9. The zero-order valence-corrected chi connectivity index (χ0v) is 21.7. The Morgan fingerprint density at radius 1 is 0.921 bits per heavy atom. The van der Waals surface area contributed by atoms with E-state index in [1.54, 1.807) is 18.3 Å². The normalized spacial score (nSPS) is 10.9. The van der Waals surface area contributed by atoms with E-state index >= 15 is 0 Å². The van der Waals surface area contributed by atoms with Crippen molar-refractivity contribution in [1.29, 1.82) is 0 Å². The van der Waals surface area contributed by atoms with Gasteiger partial charge in [-0.1, -0.05) is 54.1 Å². The fourth-order valence-corrected chi connectivity index (χ4v) is 4.39. The maximum atomic E-state index is 12.5. The minimum atomic E-state index is -0.291. The van der Waals surface area contributed by atoms with E-state index in [0.29, 0.717) is 17.2 Å². The van der Waals surface area contributed by atoms with Gasteiger partial charge in [-0.05, 0) is 71.8 Å². The first-order valence-corrected chi connectivity index (χ1v) is 13.1. The summed E-state index contributed by atoms with van der Waals surface area (Å²) in [6.07, 6.45) is 1.59. The molecule has 5 aromatic rings. The van der Waals surface area contributed by atoms with Crippen LogP contribution in [-0.4, -0.2) is 17.1 Å². The van der Waals surface area contributed by atoms with E-state index < -0.39 is 0 Å². The number of hydrazone groups is 1. The molecule has 6 nitrogen and oxygen atoms in total. The largest absolute Gasteiger partial charge is 0.489 e. The molecule has 8 heteroatoms. The van der Waals surface area contributed by atoms with Crippen molar-refractivity contribution >= 4 is 45.9 Å². The standard InChI is InChI=1S/C30H23ClN4O2S/c31-25-14-6-22(7-15-25)19-37-27-16-8-21(9-17-27)18-32-35-29(36)24-12-10-23(11-13-24)28-20-38-30(34-28)33-26-4-2-1-3-5-26/h1-18,20H,19H2,(H,33,34)(H,35,36)/b32-18-. The third-order valence-corrected chi connectivity index (χ3v) is 6.56. The minimum Gasteiger partial charge on any atom is -0.489 e. The highest BCUT2D eigenvalue weighted by Crippen LogP contribution is 2.27. The molecule has 5 rings (SSSR count). The average molecular weight is 539 g/mol. The van der Waals surface area contributed by atoms with Crippen LogP contribution < -0.4 is 15.5 Å². The second kappa shape index (κ2) is 12.2. The van der Waals surface area contributed by atoms with Crippen LogP contribution in [0.5, 0.6) is 5.75 Å². The molecule has 0 bridgehead atoms. The van der Waals surface area contributed by atoms with Gasteiger partial charge in [0.25, 0.3) is 5.91 Å². The highest BCUT2D eigenvalue weighted by Gasteiger charge is 2.08. The van der Waals surface area contributed by atoms with E-state index in [1.807, 2.05) is 96.4 Å². The fourth-order valence-electron chi connectivity index (χ4n) is 3.53. The first-order valence-electron chi connectivity index (χ1n) is 11.8. The number of carbonyl (C=O) groups is 1. The maximum Gasteiger partial charge on any atom is 0.271 e. The van der Waals surface area contributed by atoms with Crippen LogP contribution in [0.15, 0.2) is 114 Å². The molecule has 0 saturated heterocycles. The van der Waals surface area contributed by atoms with Crippen LogP contribution in [0, 0.1) is 0 Å². The van der Waals surface area contributed by atoms with Crippen LogP contribution >= 0.6 is 22.9 Å². The summed E-state index contributed by atoms with van der Waals surface area (Å²) in [6.45, 7) is 0.452. The van der Waals surface area contributed by atoms with E-state index in [2.05, 4.69) is 20.8 Å². The van der Waals surface area contributed by atoms with E-state index in [1.165, 1.54) is 11.3 Å². The molecule has 0 aliphatic carbocycles. The number of carbonyl (C=O) groups excluding carboxylic acids is 1. The number of ether oxygens (including phenoxy) is 1. The van der Waals surface area contributed by atoms with Crippen LogP contribution in [-0.2, 0) is 6.61 Å². The molecule has 188 valence electrons. The number of aromatic nitrogens is 1. The van der Waals surface area contributed by atoms with Gasteiger partial charge in [0.2, 0.25) is 0 Å². The number of amides is 1. The molecule has 1 amide bonds. The quantitative estimate of drug-likeness (QED) is 0.150. The van der Waals surface area contributed by atoms with Crippen LogP contribution in [0.3, 0.4) is 0 Å². The van der Waals surface area contributed by atoms with Gasteiger partial charge in [0.1, 0.15) is 12.4 Å². The molecule has 0 radical (unpaired) electrons. The SMILES string of the molecule is O=C(N/N=C\c1ccc(OCc2ccc(Cl)cc2)cc1)c1ccc(-c2csc(Nc3ccccc3)n2)cc1. The molecule has 1 aromatic heterocycles. The molecule has 4 aromatic carbocycles. The number of para-hydroxylation sites is 1. The second-order valence-corrected chi connectivity index (χ2v) is 9.58. The number of halogens is 1. The number of rotatable bonds is 9. The summed E-state index contributed by atoms with van der Waals surface area (Å²) >= 11 is 7.44. The average Bonchev–Trinajstić information content (AvgIpc) is 3.42. The van der Waals surface area contributed by atoms with Crippen molar-refractivity contribution in [3.8, 4) is 17.0 Å². The Morgan fingerprint density at radius 2 is 1.66 bits per heavy atom. The lowest BCUT2D eigenvalue weighted by atomic mass is 10.1. The van der Waals surface area contributed by atoms with E-state index in [-0.39, 0.29) is 5.91 Å². The summed E-state index contributed by atoms with van der Waals surface area (Å²) in [6, 6.07) is 32.2. The van der Waals surface area contributed by atoms with E-state index in [0.717, 1.165) is 39.0 Å². The molecule has 0 fully saturated rings. The molecule has 0 atom stereocenters. The molecule has 2 N–H and O–H groups in total. The Bertz CT molecular complexity index is 1520. The van der Waals surface area contributed by atoms with Gasteiger partial charge in [0.05, 0.1) is 11.9 Å². The minimum absolute atomic E-state index is 0.291. The summed E-state index contributed by atoms with van der Waals surface area (Å²) in [5.74, 6) is 0.449. The van der Waals surface area contributed by atoms with Gasteiger partial charge < -0.3 is 10.1 Å². The Kier molecular flexibility index (Phi) is 8.08. The van der Waals surface area contributed by atoms with Gasteiger partial charge in [0.15, 0.2) is 5.13 Å². The lowest BCUT2D eigenvalue weighted by Crippen LogP contribution is -2.17. The predicted molar refractivity (Wildman–Crippen MR) is 155 cm³/mol. The smallest absolute Gasteiger partial charge is 0.271 e. The maximum absolute atomic E-state index is 12.5. The monoisotopic (exact) mass is 538 g/mol. The molecular formula is C30H23ClN4O2S. The summed E-state index contributed by atoms with van der Waals surface area (Å²) < 4.78 is 5.79. The van der Waals surface area contributed by atoms with Crippen molar-refractivity contribution in [3.63, 3.8) is 0 Å². The van der Waals surface area contributed by atoms with E-state index in [9.17, 15) is 4.79 Å². The van der Waals surface area contributed by atoms with Gasteiger partial charge in [0, 0.05) is 27.2 Å². The zero-order valence-electron chi connectivity index (χ0n) is 20.2. The summed E-state index contributed by atoms with van der Waals surface area (Å²) in [5.41, 5.74) is 7.71. The molecule has 1 heterocycles. The van der Waals surface area contributed by atoms with Crippen molar-refractivity contribution in [3.05, 3.63) is 130 Å². The molecule has 0 aliphatic heterocycles. The van der Waals surface area contributed by atoms with Crippen molar-refractivity contribution in [2.75, 3.05) is 5.32 Å². The zero-order chi connectivity index (χ0) is 26.2. The summed E-state index contributed by atoms with van der Waals surface area (Å²) in [7, 11) is 0. The lowest BCUT2D eigenvalue weighted by Gasteiger charge is -2.06. The first-order chi connectivity index (χ1) is 18.6. The summed E-state index contributed by atoms with van der Waals surface area (Å²) in [4.78, 5) is 17.1. The predicted octanol–water partition coefficient (Wildman–Crippen LogP) is 7.55. The highest BCUT2D eigenvalue weighted by molar-refractivity contribution is 7.14. The topological polar surface area (TPSA) is 75.6 Å². The third-order valence-electron chi connectivity index (χ3n) is 5.55. The highest BCUT2D eigenvalue weighted by atomic mass is 35.5. The number of nitrogens with zero attached hydrogens (tertiary/aromatic N) is 2. The lowest BCUT2D eigenvalue weighted by molar-refractivity contribution is 0.0955. The van der Waals surface area contributed by atoms with Crippen molar-refractivity contribution in [2.24, 2.45) is 5.10 Å². The number of hydrogen-bond acceptors (Lipinski definition) is 6. The van der Waals surface area contributed by atoms with Gasteiger partial charge in [-0.25, -0.2) is 10.4 Å². The van der Waals surface area contributed by atoms with Gasteiger partial charge in [-0.3, -0.25) is 4.79 Å².